The molecule has 28 heteroatoms. The highest BCUT2D eigenvalue weighted by molar-refractivity contribution is 7.80. The quantitative estimate of drug-likeness (QED) is 0.0580. The summed E-state index contributed by atoms with van der Waals surface area (Å²) in [6, 6.07) is 0. The number of rotatable bonds is 18. The Bertz CT molecular complexity index is 2510. The highest BCUT2D eigenvalue weighted by Gasteiger charge is 2.67. The van der Waals surface area contributed by atoms with Gasteiger partial charge < -0.3 is 114 Å². The third-order valence-corrected chi connectivity index (χ3v) is 23.4. The summed E-state index contributed by atoms with van der Waals surface area (Å²) in [5, 5.41) is 148. The fourth-order valence-corrected chi connectivity index (χ4v) is 18.3. The summed E-state index contributed by atoms with van der Waals surface area (Å²) in [4.78, 5) is 0. The summed E-state index contributed by atoms with van der Waals surface area (Å²) < 4.78 is 102. The molecule has 0 spiro atoms. The van der Waals surface area contributed by atoms with Crippen LogP contribution in [-0.2, 0) is 62.0 Å². The van der Waals surface area contributed by atoms with E-state index in [0.717, 1.165) is 32.1 Å². The first kappa shape index (κ1) is 69.5. The van der Waals surface area contributed by atoms with Crippen molar-refractivity contribution in [2.45, 2.75) is 298 Å². The molecule has 508 valence electrons. The molecule has 0 aromatic carbocycles. The van der Waals surface area contributed by atoms with Crippen LogP contribution in [0.3, 0.4) is 0 Å². The molecule has 0 radical (unpaired) electrons. The monoisotopic (exact) mass is 1280 g/mol. The predicted molar refractivity (Wildman–Crippen MR) is 301 cm³/mol. The van der Waals surface area contributed by atoms with E-state index in [4.69, 9.17) is 51.6 Å². The molecule has 10 aliphatic rings. The molecule has 4 saturated carbocycles. The zero-order valence-electron chi connectivity index (χ0n) is 51.8. The molecule has 37 unspecified atom stereocenters. The maximum absolute atomic E-state index is 12.7. The molecular weight excluding hydrogens is 1180 g/mol. The molecule has 9 fully saturated rings. The van der Waals surface area contributed by atoms with Gasteiger partial charge in [0, 0.05) is 0 Å². The van der Waals surface area contributed by atoms with Crippen molar-refractivity contribution in [3.8, 4) is 0 Å². The lowest BCUT2D eigenvalue weighted by Crippen LogP contribution is -2.68. The highest BCUT2D eigenvalue weighted by Crippen LogP contribution is 2.70. The van der Waals surface area contributed by atoms with Gasteiger partial charge in [0.2, 0.25) is 0 Å². The Morgan fingerprint density at radius 3 is 1.68 bits per heavy atom. The van der Waals surface area contributed by atoms with E-state index in [-0.39, 0.29) is 41.9 Å². The standard InChI is InChI=1S/C60H100O27S/c1-11-28(22(2)3)29-19-33(29)60(10,73)37-13-12-31-30-20-35(34-18-27(87-88(74,75)76)14-16-58(34,8)32(30)15-17-59(31,37)9)81-55-48(72)50(41(65)36(21-61)82-55)84-57-52(86-54-46(70)43(67)39(63)24(5)78-54)47(71)49(26(7)80-57)83-56-51(44(68)40(64)25(6)79-56)85-53-45(69)42(66)38(62)23(4)77-53/h15,22-31,33-57,61-73H,11-14,16-21H2,1-10H3,(H,74,75,76). The van der Waals surface area contributed by atoms with Crippen LogP contribution in [0.2, 0.25) is 0 Å². The average molecular weight is 1290 g/mol. The second kappa shape index (κ2) is 26.4. The van der Waals surface area contributed by atoms with Crippen molar-refractivity contribution >= 4 is 10.4 Å². The topological polar surface area (TPSA) is 419 Å². The van der Waals surface area contributed by atoms with Gasteiger partial charge in [-0.05, 0) is 144 Å². The Labute approximate surface area is 514 Å². The van der Waals surface area contributed by atoms with Crippen LogP contribution in [0.15, 0.2) is 11.6 Å². The van der Waals surface area contributed by atoms with Gasteiger partial charge in [0.25, 0.3) is 0 Å². The highest BCUT2D eigenvalue weighted by atomic mass is 32.3. The Balaban J connectivity index is 0.930. The molecule has 10 rings (SSSR count). The molecule has 5 saturated heterocycles. The fraction of sp³-hybridized carbons (Fsp3) is 0.967. The van der Waals surface area contributed by atoms with Crippen molar-refractivity contribution < 1.29 is 131 Å². The van der Waals surface area contributed by atoms with Crippen LogP contribution in [-0.4, -0.2) is 257 Å². The van der Waals surface area contributed by atoms with Gasteiger partial charge in [-0.25, -0.2) is 4.18 Å². The Morgan fingerprint density at radius 1 is 0.602 bits per heavy atom. The van der Waals surface area contributed by atoms with Gasteiger partial charge in [-0.2, -0.15) is 8.42 Å². The molecule has 5 aliphatic carbocycles. The Hall–Kier alpha value is -1.31. The van der Waals surface area contributed by atoms with E-state index < -0.39 is 200 Å². The fourth-order valence-electron chi connectivity index (χ4n) is 17.8. The smallest absolute Gasteiger partial charge is 0.394 e. The minimum Gasteiger partial charge on any atom is -0.394 e. The molecule has 5 heterocycles. The van der Waals surface area contributed by atoms with Crippen molar-refractivity contribution in [3.05, 3.63) is 11.6 Å². The minimum atomic E-state index is -4.89. The first-order chi connectivity index (χ1) is 41.2. The molecule has 0 bridgehead atoms. The van der Waals surface area contributed by atoms with Crippen molar-refractivity contribution in [1.82, 2.24) is 0 Å². The van der Waals surface area contributed by atoms with Crippen LogP contribution >= 0.6 is 0 Å². The number of hydrogen-bond acceptors (Lipinski definition) is 26. The number of allylic oxidation sites excluding steroid dienone is 2. The zero-order chi connectivity index (χ0) is 64.3. The first-order valence-corrected chi connectivity index (χ1v) is 33.3. The summed E-state index contributed by atoms with van der Waals surface area (Å²) in [6.07, 6.45) is -36.0. The van der Waals surface area contributed by atoms with Crippen LogP contribution in [0.4, 0.5) is 0 Å². The summed E-state index contributed by atoms with van der Waals surface area (Å²) >= 11 is 0. The van der Waals surface area contributed by atoms with Crippen LogP contribution in [0.25, 0.3) is 0 Å². The second-order valence-electron chi connectivity index (χ2n) is 28.5. The SMILES string of the molecule is CCC(C(C)C)C1CC1C(C)(O)C1CCC2C3CC(OC4OC(CO)C(O)C(OC5OC(C)C(OC6OC(C)C(O)C(O)C6OC6OC(C)C(O)C(O)C6O)C(O)C5OC5OC(C)C(O)C(O)C5O)C4O)C4CC(OS(=O)(=O)O)CCC4(C)C3=CCC21C. The van der Waals surface area contributed by atoms with Crippen molar-refractivity contribution in [2.75, 3.05) is 6.61 Å². The van der Waals surface area contributed by atoms with Gasteiger partial charge in [0.05, 0.1) is 48.8 Å². The molecule has 88 heavy (non-hydrogen) atoms. The summed E-state index contributed by atoms with van der Waals surface area (Å²) in [5.41, 5.74) is -0.688. The van der Waals surface area contributed by atoms with Gasteiger partial charge in [0.1, 0.15) is 97.7 Å². The van der Waals surface area contributed by atoms with E-state index in [9.17, 15) is 79.4 Å². The zero-order valence-corrected chi connectivity index (χ0v) is 52.6. The molecule has 0 aromatic heterocycles. The second-order valence-corrected chi connectivity index (χ2v) is 29.5. The van der Waals surface area contributed by atoms with E-state index >= 15 is 0 Å². The molecule has 37 atom stereocenters. The lowest BCUT2D eigenvalue weighted by Gasteiger charge is -2.60. The Morgan fingerprint density at radius 2 is 1.12 bits per heavy atom. The van der Waals surface area contributed by atoms with E-state index in [2.05, 4.69) is 40.7 Å². The maximum atomic E-state index is 12.7. The lowest BCUT2D eigenvalue weighted by molar-refractivity contribution is -0.406. The van der Waals surface area contributed by atoms with Gasteiger partial charge in [-0.15, -0.1) is 0 Å². The minimum absolute atomic E-state index is 0.0183. The predicted octanol–water partition coefficient (Wildman–Crippen LogP) is -0.975. The first-order valence-electron chi connectivity index (χ1n) is 31.9. The van der Waals surface area contributed by atoms with Gasteiger partial charge >= 0.3 is 10.4 Å². The Kier molecular flexibility index (Phi) is 20.8. The lowest BCUT2D eigenvalue weighted by atomic mass is 9.47. The molecule has 27 nitrogen and oxygen atoms in total. The maximum Gasteiger partial charge on any atom is 0.397 e. The van der Waals surface area contributed by atoms with E-state index in [1.807, 2.05) is 6.92 Å². The van der Waals surface area contributed by atoms with E-state index in [1.165, 1.54) is 33.3 Å². The van der Waals surface area contributed by atoms with Crippen LogP contribution < -0.4 is 0 Å². The molecule has 0 amide bonds. The summed E-state index contributed by atoms with van der Waals surface area (Å²) in [5.74, 6) is 1.04. The van der Waals surface area contributed by atoms with Crippen molar-refractivity contribution in [3.63, 3.8) is 0 Å². The van der Waals surface area contributed by atoms with Gasteiger partial charge in [-0.3, -0.25) is 4.55 Å². The molecule has 5 aliphatic heterocycles. The van der Waals surface area contributed by atoms with Crippen LogP contribution in [0.5, 0.6) is 0 Å². The largest absolute Gasteiger partial charge is 0.397 e. The van der Waals surface area contributed by atoms with Gasteiger partial charge in [-0.1, -0.05) is 52.7 Å². The van der Waals surface area contributed by atoms with Crippen LogP contribution in [0, 0.1) is 58.2 Å². The number of fused-ring (bicyclic) bond motifs is 5. The number of hydrogen-bond donors (Lipinski definition) is 14. The average Bonchev–Trinajstić information content (AvgIpc) is 1.38. The molecular formula is C60H100O27S. The third-order valence-electron chi connectivity index (χ3n) is 22.9. The van der Waals surface area contributed by atoms with E-state index in [1.54, 1.807) is 0 Å². The normalized spacial score (nSPS) is 53.5. The number of ether oxygens (including phenoxy) is 10. The van der Waals surface area contributed by atoms with Crippen molar-refractivity contribution in [1.29, 1.82) is 0 Å². The van der Waals surface area contributed by atoms with Crippen LogP contribution in [0.1, 0.15) is 127 Å². The third kappa shape index (κ3) is 12.9. The van der Waals surface area contributed by atoms with E-state index in [0.29, 0.717) is 30.6 Å². The molecule has 14 N–H and O–H groups in total. The van der Waals surface area contributed by atoms with Gasteiger partial charge in [0.15, 0.2) is 31.5 Å². The van der Waals surface area contributed by atoms with Crippen molar-refractivity contribution in [2.24, 2.45) is 58.2 Å². The molecule has 0 aromatic rings. The summed E-state index contributed by atoms with van der Waals surface area (Å²) in [6.45, 7) is 17.9. The number of aliphatic hydroxyl groups is 13. The number of aliphatic hydroxyl groups excluding tert-OH is 12. The summed E-state index contributed by atoms with van der Waals surface area (Å²) in [7, 11) is -4.89.